The fourth-order valence-corrected chi connectivity index (χ4v) is 4.48. The summed E-state index contributed by atoms with van der Waals surface area (Å²) in [5.74, 6) is -4.36. The number of ether oxygens (including phenoxy) is 1. The number of aliphatic hydroxyl groups excluding tert-OH is 3. The van der Waals surface area contributed by atoms with Crippen molar-refractivity contribution in [3.05, 3.63) is 58.2 Å². The van der Waals surface area contributed by atoms with Crippen LogP contribution in [0.2, 0.25) is 0 Å². The average Bonchev–Trinajstić information content (AvgIpc) is 3.28. The second-order valence-corrected chi connectivity index (χ2v) is 9.37. The molecule has 0 saturated carbocycles. The zero-order chi connectivity index (χ0) is 25.7. The third kappa shape index (κ3) is 6.78. The minimum Gasteiger partial charge on any atom is -0.394 e. The molecule has 14 heteroatoms. The van der Waals surface area contributed by atoms with E-state index in [4.69, 9.17) is 10.00 Å². The second kappa shape index (κ2) is 11.9. The first-order valence-electron chi connectivity index (χ1n) is 10.0. The molecule has 0 aliphatic carbocycles. The van der Waals surface area contributed by atoms with Crippen LogP contribution in [-0.2, 0) is 11.3 Å². The summed E-state index contributed by atoms with van der Waals surface area (Å²) in [5.41, 5.74) is -0.894. The number of pyridine rings is 1. The van der Waals surface area contributed by atoms with Gasteiger partial charge in [-0.25, -0.2) is 22.8 Å². The predicted molar refractivity (Wildman–Crippen MR) is 121 cm³/mol. The summed E-state index contributed by atoms with van der Waals surface area (Å²) in [6.45, 7) is 0.699. The van der Waals surface area contributed by atoms with Crippen LogP contribution in [0.1, 0.15) is 12.6 Å². The summed E-state index contributed by atoms with van der Waals surface area (Å²) in [4.78, 5) is 4.52. The van der Waals surface area contributed by atoms with Crippen molar-refractivity contribution in [2.24, 2.45) is 0 Å². The molecule has 2 aromatic heterocycles. The quantitative estimate of drug-likeness (QED) is 0.190. The summed E-state index contributed by atoms with van der Waals surface area (Å²) < 4.78 is 47.7. The molecule has 0 aliphatic rings. The predicted octanol–water partition coefficient (Wildman–Crippen LogP) is 2.63. The highest BCUT2D eigenvalue weighted by Gasteiger charge is 2.28. The molecule has 0 aliphatic heterocycles. The smallest absolute Gasteiger partial charge is 0.194 e. The van der Waals surface area contributed by atoms with Gasteiger partial charge in [0.1, 0.15) is 29.4 Å². The van der Waals surface area contributed by atoms with Crippen molar-refractivity contribution < 1.29 is 33.2 Å². The molecule has 3 aromatic rings. The SMILES string of the molecule is C[C@@H](O)C(CO)OC(Sc1cnc(C#N)c(Br)c1)[C@@H](O)Cn1cc(-c2cc(F)c(F)c(F)c2)nn1. The lowest BCUT2D eigenvalue weighted by Crippen LogP contribution is -2.39. The van der Waals surface area contributed by atoms with Gasteiger partial charge in [0.15, 0.2) is 23.1 Å². The number of hydrogen-bond donors (Lipinski definition) is 3. The van der Waals surface area contributed by atoms with Gasteiger partial charge < -0.3 is 20.1 Å². The van der Waals surface area contributed by atoms with Crippen molar-refractivity contribution >= 4 is 27.7 Å². The first kappa shape index (κ1) is 27.1. The van der Waals surface area contributed by atoms with Crippen molar-refractivity contribution in [3.63, 3.8) is 0 Å². The lowest BCUT2D eigenvalue weighted by molar-refractivity contribution is -0.0972. The minimum atomic E-state index is -1.60. The minimum absolute atomic E-state index is 0.0394. The Morgan fingerprint density at radius 1 is 1.23 bits per heavy atom. The molecule has 0 saturated heterocycles. The Hall–Kier alpha value is -2.54. The zero-order valence-corrected chi connectivity index (χ0v) is 20.4. The van der Waals surface area contributed by atoms with E-state index >= 15 is 0 Å². The Bertz CT molecular complexity index is 1200. The summed E-state index contributed by atoms with van der Waals surface area (Å²) in [6.07, 6.45) is -0.650. The van der Waals surface area contributed by atoms with Crippen molar-refractivity contribution in [2.75, 3.05) is 6.61 Å². The van der Waals surface area contributed by atoms with Gasteiger partial charge >= 0.3 is 0 Å². The highest BCUT2D eigenvalue weighted by atomic mass is 79.9. The maximum absolute atomic E-state index is 13.6. The monoisotopic (exact) mass is 573 g/mol. The van der Waals surface area contributed by atoms with Crippen molar-refractivity contribution in [1.82, 2.24) is 20.0 Å². The number of rotatable bonds is 10. The molecule has 186 valence electrons. The summed E-state index contributed by atoms with van der Waals surface area (Å²) in [7, 11) is 0. The normalized spacial score (nSPS) is 14.8. The molecule has 9 nitrogen and oxygen atoms in total. The van der Waals surface area contributed by atoms with E-state index in [0.29, 0.717) is 9.37 Å². The number of thioether (sulfide) groups is 1. The molecule has 3 rings (SSSR count). The molecular weight excluding hydrogens is 555 g/mol. The van der Waals surface area contributed by atoms with Crippen LogP contribution in [0, 0.1) is 28.8 Å². The van der Waals surface area contributed by atoms with Gasteiger partial charge in [0.05, 0.1) is 29.9 Å². The third-order valence-electron chi connectivity index (χ3n) is 4.71. The van der Waals surface area contributed by atoms with Gasteiger partial charge in [-0.15, -0.1) is 5.10 Å². The van der Waals surface area contributed by atoms with E-state index < -0.39 is 47.8 Å². The van der Waals surface area contributed by atoms with Gasteiger partial charge in [0, 0.05) is 16.7 Å². The zero-order valence-electron chi connectivity index (χ0n) is 18.0. The van der Waals surface area contributed by atoms with Crippen molar-refractivity contribution in [1.29, 1.82) is 5.26 Å². The van der Waals surface area contributed by atoms with Crippen molar-refractivity contribution in [2.45, 2.75) is 42.1 Å². The fraction of sp³-hybridized carbons (Fsp3) is 0.333. The van der Waals surface area contributed by atoms with E-state index in [2.05, 4.69) is 31.2 Å². The van der Waals surface area contributed by atoms with Crippen LogP contribution in [0.15, 0.2) is 40.0 Å². The molecule has 35 heavy (non-hydrogen) atoms. The van der Waals surface area contributed by atoms with Crippen LogP contribution < -0.4 is 0 Å². The lowest BCUT2D eigenvalue weighted by Gasteiger charge is -2.28. The number of benzene rings is 1. The molecule has 0 amide bonds. The molecule has 0 fully saturated rings. The molecule has 2 heterocycles. The van der Waals surface area contributed by atoms with Crippen LogP contribution in [0.3, 0.4) is 0 Å². The molecular formula is C21H19BrF3N5O4S. The Kier molecular flexibility index (Phi) is 9.22. The van der Waals surface area contributed by atoms with Gasteiger partial charge in [-0.3, -0.25) is 0 Å². The highest BCUT2D eigenvalue weighted by Crippen LogP contribution is 2.31. The van der Waals surface area contributed by atoms with Crippen LogP contribution in [0.4, 0.5) is 13.2 Å². The second-order valence-electron chi connectivity index (χ2n) is 7.34. The Balaban J connectivity index is 1.81. The lowest BCUT2D eigenvalue weighted by atomic mass is 10.1. The third-order valence-corrected chi connectivity index (χ3v) is 6.47. The average molecular weight is 574 g/mol. The fourth-order valence-electron chi connectivity index (χ4n) is 2.88. The van der Waals surface area contributed by atoms with Crippen LogP contribution >= 0.6 is 27.7 Å². The maximum atomic E-state index is 13.6. The highest BCUT2D eigenvalue weighted by molar-refractivity contribution is 9.10. The summed E-state index contributed by atoms with van der Waals surface area (Å²) in [5, 5.41) is 46.9. The van der Waals surface area contributed by atoms with Gasteiger partial charge in [0.25, 0.3) is 0 Å². The Labute approximate surface area is 210 Å². The molecule has 0 bridgehead atoms. The Morgan fingerprint density at radius 3 is 2.49 bits per heavy atom. The number of aliphatic hydroxyl groups is 3. The van der Waals surface area contributed by atoms with E-state index in [1.165, 1.54) is 24.0 Å². The Morgan fingerprint density at radius 2 is 1.91 bits per heavy atom. The van der Waals surface area contributed by atoms with Crippen LogP contribution in [0.25, 0.3) is 11.3 Å². The first-order valence-corrected chi connectivity index (χ1v) is 11.7. The standard InChI is InChI=1S/C21H19BrF3N5O4S/c1-10(32)19(9-31)34-21(35-12-4-13(22)16(5-26)27-6-12)18(33)8-30-7-17(28-29-30)11-2-14(23)20(25)15(24)3-11/h2-4,6-7,10,18-19,21,31-33H,8-9H2,1H3/t10-,18+,19?,21?/m1/s1. The topological polar surface area (TPSA) is 137 Å². The van der Waals surface area contributed by atoms with Gasteiger partial charge in [-0.1, -0.05) is 17.0 Å². The number of nitrogens with zero attached hydrogens (tertiary/aromatic N) is 5. The van der Waals surface area contributed by atoms with E-state index in [0.717, 1.165) is 23.9 Å². The number of aromatic nitrogens is 4. The maximum Gasteiger partial charge on any atom is 0.194 e. The van der Waals surface area contributed by atoms with Crippen LogP contribution in [-0.4, -0.2) is 65.7 Å². The van der Waals surface area contributed by atoms with E-state index in [9.17, 15) is 28.5 Å². The molecule has 0 radical (unpaired) electrons. The van der Waals surface area contributed by atoms with Gasteiger partial charge in [-0.2, -0.15) is 5.26 Å². The van der Waals surface area contributed by atoms with E-state index in [1.54, 1.807) is 6.07 Å². The molecule has 2 unspecified atom stereocenters. The van der Waals surface area contributed by atoms with E-state index in [-0.39, 0.29) is 23.5 Å². The largest absolute Gasteiger partial charge is 0.394 e. The van der Waals surface area contributed by atoms with Gasteiger partial charge in [-0.05, 0) is 41.1 Å². The number of hydrogen-bond acceptors (Lipinski definition) is 9. The first-order chi connectivity index (χ1) is 16.6. The summed E-state index contributed by atoms with van der Waals surface area (Å²) in [6, 6.07) is 5.06. The number of halogens is 4. The van der Waals surface area contributed by atoms with E-state index in [1.807, 2.05) is 6.07 Å². The molecule has 0 spiro atoms. The van der Waals surface area contributed by atoms with Crippen molar-refractivity contribution in [3.8, 4) is 17.3 Å². The molecule has 3 N–H and O–H groups in total. The summed E-state index contributed by atoms with van der Waals surface area (Å²) >= 11 is 4.25. The molecule has 4 atom stereocenters. The van der Waals surface area contributed by atoms with Crippen LogP contribution in [0.5, 0.6) is 0 Å². The molecule has 1 aromatic carbocycles. The van der Waals surface area contributed by atoms with Gasteiger partial charge in [0.2, 0.25) is 0 Å². The number of nitriles is 1.